The minimum Gasteiger partial charge on any atom is -0.466 e. The Morgan fingerprint density at radius 2 is 2.22 bits per heavy atom. The molecular formula is C14H21NO3. The molecule has 1 aliphatic rings. The topological polar surface area (TPSA) is 62.5 Å². The number of carbonyl (C=O) groups is 1. The molecule has 1 aromatic heterocycles. The Labute approximate surface area is 107 Å². The van der Waals surface area contributed by atoms with Crippen LogP contribution in [0.2, 0.25) is 0 Å². The van der Waals surface area contributed by atoms with Crippen LogP contribution in [0.1, 0.15) is 37.4 Å². The van der Waals surface area contributed by atoms with Crippen LogP contribution in [0.15, 0.2) is 10.5 Å². The zero-order valence-corrected chi connectivity index (χ0v) is 11.4. The Morgan fingerprint density at radius 3 is 2.67 bits per heavy atom. The Morgan fingerprint density at radius 1 is 1.61 bits per heavy atom. The van der Waals surface area contributed by atoms with Gasteiger partial charge in [-0.05, 0) is 39.2 Å². The molecule has 0 spiro atoms. The van der Waals surface area contributed by atoms with E-state index in [1.165, 1.54) is 0 Å². The summed E-state index contributed by atoms with van der Waals surface area (Å²) >= 11 is 0. The quantitative estimate of drug-likeness (QED) is 0.858. The molecule has 1 aromatic rings. The maximum atomic E-state index is 11.7. The SMILES string of the molecule is Cc1cc(C(C)(O)CNC(=O)C2CC2C)c(C)o1. The largest absolute Gasteiger partial charge is 0.466 e. The van der Waals surface area contributed by atoms with E-state index in [4.69, 9.17) is 4.42 Å². The Balaban J connectivity index is 1.98. The second-order valence-electron chi connectivity index (χ2n) is 5.64. The molecule has 0 aromatic carbocycles. The fourth-order valence-electron chi connectivity index (χ4n) is 2.34. The van der Waals surface area contributed by atoms with Crippen molar-refractivity contribution in [1.82, 2.24) is 5.32 Å². The van der Waals surface area contributed by atoms with Crippen molar-refractivity contribution in [3.05, 3.63) is 23.2 Å². The fourth-order valence-corrected chi connectivity index (χ4v) is 2.34. The molecule has 18 heavy (non-hydrogen) atoms. The van der Waals surface area contributed by atoms with Crippen molar-refractivity contribution in [3.8, 4) is 0 Å². The lowest BCUT2D eigenvalue weighted by Crippen LogP contribution is -2.39. The van der Waals surface area contributed by atoms with Crippen molar-refractivity contribution >= 4 is 5.91 Å². The molecular weight excluding hydrogens is 230 g/mol. The fraction of sp³-hybridized carbons (Fsp3) is 0.643. The highest BCUT2D eigenvalue weighted by Gasteiger charge is 2.40. The molecule has 100 valence electrons. The van der Waals surface area contributed by atoms with Crippen LogP contribution < -0.4 is 5.32 Å². The summed E-state index contributed by atoms with van der Waals surface area (Å²) in [6.07, 6.45) is 0.956. The monoisotopic (exact) mass is 251 g/mol. The van der Waals surface area contributed by atoms with E-state index in [0.29, 0.717) is 11.7 Å². The molecule has 3 atom stereocenters. The van der Waals surface area contributed by atoms with Gasteiger partial charge >= 0.3 is 0 Å². The molecule has 0 saturated heterocycles. The molecule has 4 heteroatoms. The highest BCUT2D eigenvalue weighted by molar-refractivity contribution is 5.81. The van der Waals surface area contributed by atoms with Crippen molar-refractivity contribution < 1.29 is 14.3 Å². The maximum Gasteiger partial charge on any atom is 0.223 e. The Bertz CT molecular complexity index is 462. The number of furan rings is 1. The summed E-state index contributed by atoms with van der Waals surface area (Å²) in [5.74, 6) is 2.12. The van der Waals surface area contributed by atoms with E-state index < -0.39 is 5.60 Å². The maximum absolute atomic E-state index is 11.7. The normalized spacial score (nSPS) is 25.6. The van der Waals surface area contributed by atoms with Gasteiger partial charge in [0, 0.05) is 11.5 Å². The number of hydrogen-bond donors (Lipinski definition) is 2. The van der Waals surface area contributed by atoms with Crippen LogP contribution in [0.4, 0.5) is 0 Å². The third-order valence-corrected chi connectivity index (χ3v) is 3.67. The first kappa shape index (κ1) is 13.1. The van der Waals surface area contributed by atoms with Gasteiger partial charge in [0.05, 0.1) is 6.54 Å². The molecule has 1 saturated carbocycles. The summed E-state index contributed by atoms with van der Waals surface area (Å²) in [4.78, 5) is 11.7. The number of aliphatic hydroxyl groups is 1. The van der Waals surface area contributed by atoms with Crippen molar-refractivity contribution in [2.75, 3.05) is 6.54 Å². The minimum atomic E-state index is -1.09. The summed E-state index contributed by atoms with van der Waals surface area (Å²) in [5, 5.41) is 13.2. The molecule has 1 heterocycles. The Kier molecular flexibility index (Phi) is 3.23. The molecule has 0 radical (unpaired) electrons. The van der Waals surface area contributed by atoms with E-state index in [2.05, 4.69) is 12.2 Å². The minimum absolute atomic E-state index is 0.0423. The van der Waals surface area contributed by atoms with E-state index in [0.717, 1.165) is 17.7 Å². The summed E-state index contributed by atoms with van der Waals surface area (Å²) in [7, 11) is 0. The van der Waals surface area contributed by atoms with Gasteiger partial charge in [0.2, 0.25) is 5.91 Å². The van der Waals surface area contributed by atoms with Gasteiger partial charge in [-0.3, -0.25) is 4.79 Å². The molecule has 3 unspecified atom stereocenters. The van der Waals surface area contributed by atoms with Gasteiger partial charge in [-0.25, -0.2) is 0 Å². The van der Waals surface area contributed by atoms with Crippen LogP contribution >= 0.6 is 0 Å². The molecule has 2 N–H and O–H groups in total. The zero-order valence-electron chi connectivity index (χ0n) is 11.4. The number of rotatable bonds is 4. The number of amides is 1. The van der Waals surface area contributed by atoms with E-state index >= 15 is 0 Å². The zero-order chi connectivity index (χ0) is 13.5. The lowest BCUT2D eigenvalue weighted by atomic mass is 9.96. The van der Waals surface area contributed by atoms with Gasteiger partial charge in [-0.2, -0.15) is 0 Å². The van der Waals surface area contributed by atoms with Gasteiger partial charge in [-0.15, -0.1) is 0 Å². The third kappa shape index (κ3) is 2.58. The first-order chi connectivity index (χ1) is 8.31. The van der Waals surface area contributed by atoms with E-state index in [1.807, 2.05) is 19.9 Å². The van der Waals surface area contributed by atoms with Crippen LogP contribution in [-0.4, -0.2) is 17.6 Å². The van der Waals surface area contributed by atoms with E-state index in [9.17, 15) is 9.90 Å². The van der Waals surface area contributed by atoms with Crippen molar-refractivity contribution in [3.63, 3.8) is 0 Å². The average Bonchev–Trinajstić information content (AvgIpc) is 2.89. The first-order valence-corrected chi connectivity index (χ1v) is 6.39. The summed E-state index contributed by atoms with van der Waals surface area (Å²) < 4.78 is 5.41. The molecule has 1 aliphatic carbocycles. The lowest BCUT2D eigenvalue weighted by molar-refractivity contribution is -0.123. The molecule has 0 aliphatic heterocycles. The van der Waals surface area contributed by atoms with Gasteiger partial charge in [0.25, 0.3) is 0 Å². The predicted octanol–water partition coefficient (Wildman–Crippen LogP) is 1.88. The second kappa shape index (κ2) is 4.43. The molecule has 1 amide bonds. The highest BCUT2D eigenvalue weighted by Crippen LogP contribution is 2.37. The van der Waals surface area contributed by atoms with Gasteiger partial charge in [-0.1, -0.05) is 6.92 Å². The van der Waals surface area contributed by atoms with Crippen LogP contribution in [0.25, 0.3) is 0 Å². The average molecular weight is 251 g/mol. The van der Waals surface area contributed by atoms with Gasteiger partial charge in [0.1, 0.15) is 17.1 Å². The van der Waals surface area contributed by atoms with Crippen LogP contribution in [0.5, 0.6) is 0 Å². The summed E-state index contributed by atoms with van der Waals surface area (Å²) in [6.45, 7) is 7.64. The van der Waals surface area contributed by atoms with E-state index in [1.54, 1.807) is 6.92 Å². The lowest BCUT2D eigenvalue weighted by Gasteiger charge is -2.23. The number of hydrogen-bond acceptors (Lipinski definition) is 3. The smallest absolute Gasteiger partial charge is 0.223 e. The summed E-state index contributed by atoms with van der Waals surface area (Å²) in [6, 6.07) is 1.82. The van der Waals surface area contributed by atoms with Crippen LogP contribution in [0, 0.1) is 25.7 Å². The molecule has 2 rings (SSSR count). The Hall–Kier alpha value is -1.29. The molecule has 1 fully saturated rings. The second-order valence-corrected chi connectivity index (χ2v) is 5.64. The van der Waals surface area contributed by atoms with E-state index in [-0.39, 0.29) is 18.4 Å². The van der Waals surface area contributed by atoms with Crippen molar-refractivity contribution in [2.45, 2.75) is 39.7 Å². The molecule has 4 nitrogen and oxygen atoms in total. The van der Waals surface area contributed by atoms with Crippen LogP contribution in [-0.2, 0) is 10.4 Å². The van der Waals surface area contributed by atoms with Gasteiger partial charge in [0.15, 0.2) is 0 Å². The highest BCUT2D eigenvalue weighted by atomic mass is 16.3. The summed E-state index contributed by atoms with van der Waals surface area (Å²) in [5.41, 5.74) is -0.348. The third-order valence-electron chi connectivity index (χ3n) is 3.67. The number of aryl methyl sites for hydroxylation is 2. The first-order valence-electron chi connectivity index (χ1n) is 6.39. The number of carbonyl (C=O) groups excluding carboxylic acids is 1. The van der Waals surface area contributed by atoms with Crippen LogP contribution in [0.3, 0.4) is 0 Å². The predicted molar refractivity (Wildman–Crippen MR) is 68.0 cm³/mol. The standard InChI is InChI=1S/C14H21NO3/c1-8-5-11(8)13(16)15-7-14(4,17)12-6-9(2)18-10(12)3/h6,8,11,17H,5,7H2,1-4H3,(H,15,16). The van der Waals surface area contributed by atoms with Crippen molar-refractivity contribution in [2.24, 2.45) is 11.8 Å². The molecule has 0 bridgehead atoms. The number of nitrogens with one attached hydrogen (secondary N) is 1. The van der Waals surface area contributed by atoms with Crippen molar-refractivity contribution in [1.29, 1.82) is 0 Å². The van der Waals surface area contributed by atoms with Gasteiger partial charge < -0.3 is 14.8 Å².